The Morgan fingerprint density at radius 2 is 1.89 bits per heavy atom. The van der Waals surface area contributed by atoms with Crippen molar-refractivity contribution in [2.24, 2.45) is 0 Å². The topological polar surface area (TPSA) is 35.8 Å². The molecule has 90 valence electrons. The Hall–Kier alpha value is -1.31. The van der Waals surface area contributed by atoms with Crippen molar-refractivity contribution >= 4 is 37.5 Å². The minimum Gasteiger partial charge on any atom is -0.380 e. The van der Waals surface area contributed by atoms with E-state index in [2.05, 4.69) is 43.2 Å². The average molecular weight is 366 g/mol. The highest BCUT2D eigenvalue weighted by molar-refractivity contribution is 9.11. The van der Waals surface area contributed by atoms with Crippen molar-refractivity contribution in [3.8, 4) is 6.07 Å². The molecule has 0 unspecified atom stereocenters. The Kier molecular flexibility index (Phi) is 4.40. The summed E-state index contributed by atoms with van der Waals surface area (Å²) >= 11 is 6.93. The fraction of sp³-hybridized carbons (Fsp3) is 0.0714. The quantitative estimate of drug-likeness (QED) is 0.855. The molecule has 0 aliphatic carbocycles. The van der Waals surface area contributed by atoms with Crippen molar-refractivity contribution in [3.05, 3.63) is 62.5 Å². The molecule has 0 amide bonds. The average Bonchev–Trinajstić information content (AvgIpc) is 2.40. The van der Waals surface area contributed by atoms with Crippen LogP contribution in [0, 0.1) is 11.3 Å². The number of halogens is 2. The second-order valence-electron chi connectivity index (χ2n) is 3.75. The van der Waals surface area contributed by atoms with Crippen LogP contribution in [0.4, 0.5) is 5.69 Å². The highest BCUT2D eigenvalue weighted by Gasteiger charge is 2.03. The third kappa shape index (κ3) is 3.12. The molecular weight excluding hydrogens is 356 g/mol. The van der Waals surface area contributed by atoms with Crippen LogP contribution < -0.4 is 5.32 Å². The van der Waals surface area contributed by atoms with Crippen molar-refractivity contribution in [2.45, 2.75) is 6.54 Å². The number of nitriles is 1. The zero-order chi connectivity index (χ0) is 13.0. The molecule has 0 aliphatic heterocycles. The van der Waals surface area contributed by atoms with Gasteiger partial charge in [0.25, 0.3) is 0 Å². The van der Waals surface area contributed by atoms with E-state index in [-0.39, 0.29) is 0 Å². The number of nitrogens with zero attached hydrogens (tertiary/aromatic N) is 1. The molecule has 4 heteroatoms. The van der Waals surface area contributed by atoms with Crippen LogP contribution >= 0.6 is 31.9 Å². The zero-order valence-electron chi connectivity index (χ0n) is 9.45. The van der Waals surface area contributed by atoms with E-state index >= 15 is 0 Å². The molecule has 0 aliphatic rings. The van der Waals surface area contributed by atoms with Gasteiger partial charge in [-0.1, -0.05) is 34.1 Å². The van der Waals surface area contributed by atoms with Crippen molar-refractivity contribution in [1.29, 1.82) is 5.26 Å². The number of anilines is 1. The number of benzene rings is 2. The number of hydrogen-bond acceptors (Lipinski definition) is 2. The molecule has 2 aromatic carbocycles. The Labute approximate surface area is 123 Å². The zero-order valence-corrected chi connectivity index (χ0v) is 12.6. The van der Waals surface area contributed by atoms with Crippen LogP contribution in [0.3, 0.4) is 0 Å². The van der Waals surface area contributed by atoms with Gasteiger partial charge in [0.15, 0.2) is 0 Å². The lowest BCUT2D eigenvalue weighted by Crippen LogP contribution is -2.02. The first-order valence-electron chi connectivity index (χ1n) is 5.37. The summed E-state index contributed by atoms with van der Waals surface area (Å²) in [5.74, 6) is 0. The number of rotatable bonds is 3. The fourth-order valence-electron chi connectivity index (χ4n) is 1.61. The molecule has 0 radical (unpaired) electrons. The summed E-state index contributed by atoms with van der Waals surface area (Å²) in [7, 11) is 0. The summed E-state index contributed by atoms with van der Waals surface area (Å²) in [4.78, 5) is 0. The van der Waals surface area contributed by atoms with Crippen LogP contribution in [0.15, 0.2) is 51.4 Å². The third-order valence-corrected chi connectivity index (χ3v) is 3.72. The lowest BCUT2D eigenvalue weighted by atomic mass is 10.1. The van der Waals surface area contributed by atoms with Gasteiger partial charge in [0.1, 0.15) is 0 Å². The first-order valence-corrected chi connectivity index (χ1v) is 6.96. The summed E-state index contributed by atoms with van der Waals surface area (Å²) in [5, 5.41) is 12.3. The van der Waals surface area contributed by atoms with E-state index in [1.54, 1.807) is 0 Å². The summed E-state index contributed by atoms with van der Waals surface area (Å²) < 4.78 is 2.02. The minimum atomic E-state index is 0.624. The van der Waals surface area contributed by atoms with Gasteiger partial charge in [-0.25, -0.2) is 0 Å². The first-order chi connectivity index (χ1) is 8.70. The van der Waals surface area contributed by atoms with Crippen molar-refractivity contribution in [3.63, 3.8) is 0 Å². The molecule has 2 nitrogen and oxygen atoms in total. The van der Waals surface area contributed by atoms with Crippen LogP contribution in [0.2, 0.25) is 0 Å². The van der Waals surface area contributed by atoms with E-state index in [9.17, 15) is 0 Å². The second kappa shape index (κ2) is 6.03. The molecule has 1 N–H and O–H groups in total. The van der Waals surface area contributed by atoms with Gasteiger partial charge in [-0.15, -0.1) is 0 Å². The fourth-order valence-corrected chi connectivity index (χ4v) is 2.35. The largest absolute Gasteiger partial charge is 0.380 e. The Morgan fingerprint density at radius 3 is 2.67 bits per heavy atom. The number of nitrogens with one attached hydrogen (secondary N) is 1. The maximum absolute atomic E-state index is 9.02. The second-order valence-corrected chi connectivity index (χ2v) is 5.52. The SMILES string of the molecule is N#Cc1ccccc1CNc1cc(Br)ccc1Br. The molecular formula is C14H10Br2N2. The highest BCUT2D eigenvalue weighted by Crippen LogP contribution is 2.26. The Bertz CT molecular complexity index is 603. The highest BCUT2D eigenvalue weighted by atomic mass is 79.9. The van der Waals surface area contributed by atoms with Gasteiger partial charge in [-0.05, 0) is 45.8 Å². The summed E-state index contributed by atoms with van der Waals surface area (Å²) in [6.07, 6.45) is 0. The van der Waals surface area contributed by atoms with Crippen molar-refractivity contribution in [1.82, 2.24) is 0 Å². The van der Waals surface area contributed by atoms with Crippen molar-refractivity contribution < 1.29 is 0 Å². The summed E-state index contributed by atoms with van der Waals surface area (Å²) in [6, 6.07) is 15.7. The maximum Gasteiger partial charge on any atom is 0.0995 e. The van der Waals surface area contributed by atoms with Gasteiger partial charge in [-0.2, -0.15) is 5.26 Å². The Balaban J connectivity index is 2.17. The molecule has 0 fully saturated rings. The molecule has 18 heavy (non-hydrogen) atoms. The van der Waals surface area contributed by atoms with Crippen LogP contribution in [0.1, 0.15) is 11.1 Å². The first kappa shape index (κ1) is 13.1. The van der Waals surface area contributed by atoms with Gasteiger partial charge in [-0.3, -0.25) is 0 Å². The van der Waals surface area contributed by atoms with Crippen molar-refractivity contribution in [2.75, 3.05) is 5.32 Å². The van der Waals surface area contributed by atoms with Gasteiger partial charge in [0, 0.05) is 21.2 Å². The summed E-state index contributed by atoms with van der Waals surface area (Å²) in [6.45, 7) is 0.624. The van der Waals surface area contributed by atoms with E-state index in [4.69, 9.17) is 5.26 Å². The molecule has 0 aromatic heterocycles. The Morgan fingerprint density at radius 1 is 1.11 bits per heavy atom. The van der Waals surface area contributed by atoms with Gasteiger partial charge < -0.3 is 5.32 Å². The predicted octanol–water partition coefficient (Wildman–Crippen LogP) is 4.70. The van der Waals surface area contributed by atoms with Gasteiger partial charge in [0.2, 0.25) is 0 Å². The third-order valence-electron chi connectivity index (χ3n) is 2.54. The molecule has 0 saturated carbocycles. The van der Waals surface area contributed by atoms with E-state index in [1.807, 2.05) is 42.5 Å². The van der Waals surface area contributed by atoms with Gasteiger partial charge in [0.05, 0.1) is 11.6 Å². The molecule has 0 saturated heterocycles. The minimum absolute atomic E-state index is 0.624. The predicted molar refractivity (Wildman–Crippen MR) is 80.3 cm³/mol. The smallest absolute Gasteiger partial charge is 0.0995 e. The normalized spacial score (nSPS) is 9.83. The molecule has 2 rings (SSSR count). The van der Waals surface area contributed by atoms with Crippen LogP contribution in [0.5, 0.6) is 0 Å². The van der Waals surface area contributed by atoms with Crippen LogP contribution in [-0.4, -0.2) is 0 Å². The van der Waals surface area contributed by atoms with Gasteiger partial charge >= 0.3 is 0 Å². The molecule has 2 aromatic rings. The standard InChI is InChI=1S/C14H10Br2N2/c15-12-5-6-13(16)14(7-12)18-9-11-4-2-1-3-10(11)8-17/h1-7,18H,9H2. The van der Waals surface area contributed by atoms with E-state index in [0.29, 0.717) is 12.1 Å². The molecule has 0 heterocycles. The van der Waals surface area contributed by atoms with Crippen LogP contribution in [-0.2, 0) is 6.54 Å². The van der Waals surface area contributed by atoms with E-state index < -0.39 is 0 Å². The monoisotopic (exact) mass is 364 g/mol. The lowest BCUT2D eigenvalue weighted by molar-refractivity contribution is 1.13. The molecule has 0 atom stereocenters. The van der Waals surface area contributed by atoms with E-state index in [1.165, 1.54) is 0 Å². The molecule has 0 bridgehead atoms. The molecule has 0 spiro atoms. The summed E-state index contributed by atoms with van der Waals surface area (Å²) in [5.41, 5.74) is 2.69. The van der Waals surface area contributed by atoms with Crippen LogP contribution in [0.25, 0.3) is 0 Å². The maximum atomic E-state index is 9.02. The van der Waals surface area contributed by atoms with E-state index in [0.717, 1.165) is 20.2 Å². The number of hydrogen-bond donors (Lipinski definition) is 1. The lowest BCUT2D eigenvalue weighted by Gasteiger charge is -2.10.